The van der Waals surface area contributed by atoms with E-state index in [1.54, 1.807) is 26.1 Å². The number of amides is 1. The smallest absolute Gasteiger partial charge is 0.257 e. The quantitative estimate of drug-likeness (QED) is 0.603. The summed E-state index contributed by atoms with van der Waals surface area (Å²) in [7, 11) is 0. The first-order chi connectivity index (χ1) is 14.7. The van der Waals surface area contributed by atoms with Crippen molar-refractivity contribution >= 4 is 33.5 Å². The normalized spacial score (nSPS) is 15.3. The first-order valence-corrected chi connectivity index (χ1v) is 12.3. The summed E-state index contributed by atoms with van der Waals surface area (Å²) < 4.78 is 25.2. The Morgan fingerprint density at radius 2 is 1.97 bits per heavy atom. The number of aromatic nitrogens is 1. The average Bonchev–Trinajstić information content (AvgIpc) is 3.21. The highest BCUT2D eigenvalue weighted by molar-refractivity contribution is 7.79. The van der Waals surface area contributed by atoms with Crippen LogP contribution in [-0.2, 0) is 17.6 Å². The Hall–Kier alpha value is -1.85. The van der Waals surface area contributed by atoms with Crippen molar-refractivity contribution in [1.29, 1.82) is 0 Å². The molecule has 1 aliphatic rings. The lowest BCUT2D eigenvalue weighted by atomic mass is 10.1. The van der Waals surface area contributed by atoms with E-state index in [1.165, 1.54) is 11.3 Å². The zero-order valence-electron chi connectivity index (χ0n) is 18.4. The van der Waals surface area contributed by atoms with Crippen LogP contribution >= 0.6 is 11.3 Å². The molecule has 1 saturated heterocycles. The predicted octanol–water partition coefficient (Wildman–Crippen LogP) is 2.86. The van der Waals surface area contributed by atoms with Gasteiger partial charge in [-0.2, -0.15) is 0 Å². The van der Waals surface area contributed by atoms with Crippen molar-refractivity contribution in [2.75, 3.05) is 31.5 Å². The maximum atomic E-state index is 12.6. The second kappa shape index (κ2) is 12.9. The summed E-state index contributed by atoms with van der Waals surface area (Å²) in [5.74, 6) is 0.567. The van der Waals surface area contributed by atoms with E-state index >= 15 is 0 Å². The Bertz CT molecular complexity index is 838. The number of carbonyl (C=O) groups is 1. The van der Waals surface area contributed by atoms with Crippen molar-refractivity contribution in [2.24, 2.45) is 0 Å². The van der Waals surface area contributed by atoms with E-state index in [9.17, 15) is 13.6 Å². The van der Waals surface area contributed by atoms with Crippen molar-refractivity contribution in [3.63, 3.8) is 0 Å². The fourth-order valence-corrected chi connectivity index (χ4v) is 3.33. The third-order valence-electron chi connectivity index (χ3n) is 4.25. The third kappa shape index (κ3) is 9.44. The SMILES string of the molecule is CC(C)Oc1cc(CN2CCNCC2)cc(C(=O)Nc2nccs2)c1.CC(C)S(=O)[O-]. The molecule has 1 aliphatic heterocycles. The van der Waals surface area contributed by atoms with Gasteiger partial charge >= 0.3 is 0 Å². The lowest BCUT2D eigenvalue weighted by Crippen LogP contribution is -2.42. The molecule has 1 aromatic carbocycles. The van der Waals surface area contributed by atoms with Crippen molar-refractivity contribution in [3.05, 3.63) is 40.9 Å². The van der Waals surface area contributed by atoms with Crippen LogP contribution in [-0.4, -0.2) is 62.1 Å². The fraction of sp³-hybridized carbons (Fsp3) is 0.524. The predicted molar refractivity (Wildman–Crippen MR) is 124 cm³/mol. The molecule has 1 amide bonds. The van der Waals surface area contributed by atoms with Crippen LogP contribution in [0.25, 0.3) is 0 Å². The molecule has 0 saturated carbocycles. The van der Waals surface area contributed by atoms with Crippen molar-refractivity contribution in [2.45, 2.75) is 45.6 Å². The van der Waals surface area contributed by atoms with Gasteiger partial charge in [-0.1, -0.05) is 24.9 Å². The Balaban J connectivity index is 0.000000501. The van der Waals surface area contributed by atoms with E-state index in [0.717, 1.165) is 44.0 Å². The van der Waals surface area contributed by atoms with Crippen LogP contribution in [0.2, 0.25) is 0 Å². The number of thiazole rings is 1. The molecule has 2 N–H and O–H groups in total. The first kappa shape index (κ1) is 25.4. The molecular weight excluding hydrogens is 436 g/mol. The van der Waals surface area contributed by atoms with Gasteiger partial charge in [-0.25, -0.2) is 4.98 Å². The van der Waals surface area contributed by atoms with Gasteiger partial charge in [-0.05, 0) is 37.6 Å². The van der Waals surface area contributed by atoms with Crippen LogP contribution in [0.4, 0.5) is 5.13 Å². The van der Waals surface area contributed by atoms with E-state index in [4.69, 9.17) is 4.74 Å². The van der Waals surface area contributed by atoms with E-state index in [-0.39, 0.29) is 17.3 Å². The van der Waals surface area contributed by atoms with Gasteiger partial charge < -0.3 is 14.6 Å². The molecule has 10 heteroatoms. The van der Waals surface area contributed by atoms with E-state index in [1.807, 2.05) is 31.4 Å². The fourth-order valence-electron chi connectivity index (χ4n) is 2.81. The molecule has 31 heavy (non-hydrogen) atoms. The Morgan fingerprint density at radius 3 is 2.52 bits per heavy atom. The molecular formula is C21H31N4O4S2-. The minimum absolute atomic E-state index is 0.0595. The molecule has 1 aromatic heterocycles. The number of anilines is 1. The second-order valence-corrected chi connectivity index (χ2v) is 10.0. The maximum Gasteiger partial charge on any atom is 0.257 e. The highest BCUT2D eigenvalue weighted by atomic mass is 32.2. The van der Waals surface area contributed by atoms with Crippen LogP contribution in [0.3, 0.4) is 0 Å². The maximum absolute atomic E-state index is 12.6. The minimum Gasteiger partial charge on any atom is -0.772 e. The molecule has 1 fully saturated rings. The summed E-state index contributed by atoms with van der Waals surface area (Å²) in [4.78, 5) is 19.1. The monoisotopic (exact) mass is 467 g/mol. The van der Waals surface area contributed by atoms with Crippen LogP contribution in [0.1, 0.15) is 43.6 Å². The summed E-state index contributed by atoms with van der Waals surface area (Å²) in [6.07, 6.45) is 1.73. The number of nitrogens with zero attached hydrogens (tertiary/aromatic N) is 2. The summed E-state index contributed by atoms with van der Waals surface area (Å²) in [5.41, 5.74) is 1.68. The molecule has 2 aromatic rings. The minimum atomic E-state index is -1.87. The van der Waals surface area contributed by atoms with Crippen molar-refractivity contribution in [1.82, 2.24) is 15.2 Å². The van der Waals surface area contributed by atoms with Gasteiger partial charge in [0.25, 0.3) is 5.91 Å². The zero-order chi connectivity index (χ0) is 22.8. The van der Waals surface area contributed by atoms with E-state index < -0.39 is 11.1 Å². The number of carbonyl (C=O) groups excluding carboxylic acids is 1. The number of rotatable bonds is 7. The Morgan fingerprint density at radius 1 is 1.29 bits per heavy atom. The molecule has 3 rings (SSSR count). The first-order valence-electron chi connectivity index (χ1n) is 10.3. The van der Waals surface area contributed by atoms with E-state index in [0.29, 0.717) is 10.7 Å². The van der Waals surface area contributed by atoms with Crippen LogP contribution in [0.15, 0.2) is 29.8 Å². The van der Waals surface area contributed by atoms with Gasteiger partial charge in [0.15, 0.2) is 5.13 Å². The molecule has 0 radical (unpaired) electrons. The van der Waals surface area contributed by atoms with Gasteiger partial charge in [0.05, 0.1) is 6.10 Å². The topological polar surface area (TPSA) is 107 Å². The number of benzene rings is 1. The standard InChI is InChI=1S/C18H24N4O2S.C3H8O2S/c1-13(2)24-16-10-14(12-22-6-3-19-4-7-22)9-15(11-16)17(23)21-18-20-5-8-25-18;1-3(2)6(4)5/h5,8-11,13,19H,3-4,6-7,12H2,1-2H3,(H,20,21,23);3H,1-2H3,(H,4,5)/p-1. The molecule has 0 spiro atoms. The molecule has 8 nitrogen and oxygen atoms in total. The molecule has 1 unspecified atom stereocenters. The molecule has 172 valence electrons. The molecule has 1 atom stereocenters. The lowest BCUT2D eigenvalue weighted by Gasteiger charge is -2.27. The van der Waals surface area contributed by atoms with Crippen molar-refractivity contribution in [3.8, 4) is 5.75 Å². The van der Waals surface area contributed by atoms with Crippen LogP contribution in [0, 0.1) is 0 Å². The summed E-state index contributed by atoms with van der Waals surface area (Å²) in [6.45, 7) is 12.1. The molecule has 0 aliphatic carbocycles. The number of hydrogen-bond acceptors (Lipinski definition) is 8. The highest BCUT2D eigenvalue weighted by Crippen LogP contribution is 2.22. The molecule has 0 bridgehead atoms. The number of hydrogen-bond donors (Lipinski definition) is 2. The van der Waals surface area contributed by atoms with Crippen LogP contribution < -0.4 is 15.4 Å². The van der Waals surface area contributed by atoms with Gasteiger partial charge in [0.2, 0.25) is 0 Å². The number of piperazine rings is 1. The number of ether oxygens (including phenoxy) is 1. The molecule has 2 heterocycles. The summed E-state index contributed by atoms with van der Waals surface area (Å²) in [6, 6.07) is 5.77. The summed E-state index contributed by atoms with van der Waals surface area (Å²) >= 11 is -0.463. The number of nitrogens with one attached hydrogen (secondary N) is 2. The Labute approximate surface area is 190 Å². The zero-order valence-corrected chi connectivity index (χ0v) is 20.1. The van der Waals surface area contributed by atoms with Crippen LogP contribution in [0.5, 0.6) is 5.75 Å². The average molecular weight is 468 g/mol. The lowest BCUT2D eigenvalue weighted by molar-refractivity contribution is 0.102. The Kier molecular flexibility index (Phi) is 10.6. The van der Waals surface area contributed by atoms with Gasteiger partial charge in [0, 0.05) is 55.1 Å². The third-order valence-corrected chi connectivity index (χ3v) is 5.71. The largest absolute Gasteiger partial charge is 0.772 e. The van der Waals surface area contributed by atoms with E-state index in [2.05, 4.69) is 20.5 Å². The van der Waals surface area contributed by atoms with Gasteiger partial charge in [0.1, 0.15) is 5.75 Å². The van der Waals surface area contributed by atoms with Gasteiger partial charge in [-0.3, -0.25) is 19.2 Å². The summed E-state index contributed by atoms with van der Waals surface area (Å²) in [5, 5.41) is 8.40. The second-order valence-electron chi connectivity index (χ2n) is 7.66. The van der Waals surface area contributed by atoms with Crippen molar-refractivity contribution < 1.29 is 18.3 Å². The highest BCUT2D eigenvalue weighted by Gasteiger charge is 2.15. The van der Waals surface area contributed by atoms with Gasteiger partial charge in [-0.15, -0.1) is 11.3 Å².